The lowest BCUT2D eigenvalue weighted by Crippen LogP contribution is -2.31. The first-order valence-corrected chi connectivity index (χ1v) is 10.4. The fraction of sp³-hybridized carbons (Fsp3) is 0.261. The minimum Gasteiger partial charge on any atom is -0.354 e. The Morgan fingerprint density at radius 2 is 1.76 bits per heavy atom. The van der Waals surface area contributed by atoms with E-state index in [-0.39, 0.29) is 11.5 Å². The average molecular weight is 406 g/mol. The largest absolute Gasteiger partial charge is 0.354 e. The summed E-state index contributed by atoms with van der Waals surface area (Å²) >= 11 is 1.28. The molecular weight excluding hydrogens is 382 g/mol. The van der Waals surface area contributed by atoms with Gasteiger partial charge in [-0.3, -0.25) is 14.5 Å². The van der Waals surface area contributed by atoms with Crippen molar-refractivity contribution in [3.8, 4) is 6.07 Å². The van der Waals surface area contributed by atoms with Crippen LogP contribution < -0.4 is 10.2 Å². The number of amides is 2. The van der Waals surface area contributed by atoms with Crippen molar-refractivity contribution in [3.05, 3.63) is 75.8 Å². The molecule has 0 radical (unpaired) electrons. The molecule has 0 aliphatic carbocycles. The fourth-order valence-electron chi connectivity index (χ4n) is 3.17. The molecule has 6 heteroatoms. The molecule has 0 spiro atoms. The quantitative estimate of drug-likeness (QED) is 0.608. The number of hydrogen-bond acceptors (Lipinski definition) is 4. The number of carbonyl (C=O) groups excluding carboxylic acids is 2. The van der Waals surface area contributed by atoms with E-state index < -0.39 is 11.2 Å². The zero-order chi connectivity index (χ0) is 21.0. The van der Waals surface area contributed by atoms with Gasteiger partial charge < -0.3 is 5.32 Å². The number of rotatable bonds is 5. The number of thioether (sulfide) groups is 1. The van der Waals surface area contributed by atoms with E-state index in [1.54, 1.807) is 0 Å². The Morgan fingerprint density at radius 3 is 2.31 bits per heavy atom. The molecule has 1 fully saturated rings. The van der Waals surface area contributed by atoms with Crippen LogP contribution in [0.2, 0.25) is 0 Å². The first-order valence-electron chi connectivity index (χ1n) is 9.50. The average Bonchev–Trinajstić information content (AvgIpc) is 3.05. The molecule has 1 heterocycles. The SMILES string of the molecule is CCc1ccc(C[C@@H]2S/C(=C(/C#N)C(=O)NC)N(c3ccc(C)cc3)C2=O)cc1. The van der Waals surface area contributed by atoms with Gasteiger partial charge in [-0.1, -0.05) is 60.6 Å². The third-order valence-electron chi connectivity index (χ3n) is 4.88. The third kappa shape index (κ3) is 4.36. The molecule has 1 aliphatic rings. The zero-order valence-corrected chi connectivity index (χ0v) is 17.5. The normalized spacial score (nSPS) is 17.8. The Bertz CT molecular complexity index is 988. The summed E-state index contributed by atoms with van der Waals surface area (Å²) in [6.07, 6.45) is 1.49. The van der Waals surface area contributed by atoms with Crippen LogP contribution in [-0.2, 0) is 22.4 Å². The summed E-state index contributed by atoms with van der Waals surface area (Å²) in [5.74, 6) is -0.613. The Hall–Kier alpha value is -3.04. The van der Waals surface area contributed by atoms with Crippen LogP contribution in [0.25, 0.3) is 0 Å². The van der Waals surface area contributed by atoms with Gasteiger partial charge in [-0.15, -0.1) is 0 Å². The summed E-state index contributed by atoms with van der Waals surface area (Å²) in [5, 5.41) is 12.1. The maximum absolute atomic E-state index is 13.3. The van der Waals surface area contributed by atoms with E-state index in [1.165, 1.54) is 29.3 Å². The van der Waals surface area contributed by atoms with E-state index in [0.717, 1.165) is 17.5 Å². The van der Waals surface area contributed by atoms with E-state index in [0.29, 0.717) is 17.1 Å². The monoisotopic (exact) mass is 405 g/mol. The van der Waals surface area contributed by atoms with Crippen molar-refractivity contribution in [3.63, 3.8) is 0 Å². The van der Waals surface area contributed by atoms with Crippen molar-refractivity contribution in [2.45, 2.75) is 31.9 Å². The van der Waals surface area contributed by atoms with Gasteiger partial charge in [-0.05, 0) is 43.0 Å². The van der Waals surface area contributed by atoms with Gasteiger partial charge in [0.05, 0.1) is 5.25 Å². The van der Waals surface area contributed by atoms with Crippen LogP contribution >= 0.6 is 11.8 Å². The zero-order valence-electron chi connectivity index (χ0n) is 16.7. The molecule has 0 bridgehead atoms. The molecule has 3 rings (SSSR count). The molecule has 29 heavy (non-hydrogen) atoms. The summed E-state index contributed by atoms with van der Waals surface area (Å²) in [5.41, 5.74) is 3.97. The predicted octanol–water partition coefficient (Wildman–Crippen LogP) is 3.73. The standard InChI is InChI=1S/C23H23N3O2S/c1-4-16-7-9-17(10-8-16)13-20-22(28)26(18-11-5-15(2)6-12-18)23(29-20)19(14-24)21(27)25-3/h5-12,20H,4,13H2,1-3H3,(H,25,27)/b23-19-/t20-/m0/s1. The van der Waals surface area contributed by atoms with Gasteiger partial charge in [0, 0.05) is 12.7 Å². The van der Waals surface area contributed by atoms with Crippen molar-refractivity contribution in [2.24, 2.45) is 0 Å². The van der Waals surface area contributed by atoms with Crippen LogP contribution in [-0.4, -0.2) is 24.1 Å². The molecule has 1 N–H and O–H groups in total. The predicted molar refractivity (Wildman–Crippen MR) is 116 cm³/mol. The Labute approximate surface area is 175 Å². The lowest BCUT2D eigenvalue weighted by molar-refractivity contribution is -0.117. The maximum Gasteiger partial charge on any atom is 0.264 e. The highest BCUT2D eigenvalue weighted by Gasteiger charge is 2.40. The topological polar surface area (TPSA) is 73.2 Å². The van der Waals surface area contributed by atoms with Crippen molar-refractivity contribution >= 4 is 29.3 Å². The lowest BCUT2D eigenvalue weighted by atomic mass is 10.1. The summed E-state index contributed by atoms with van der Waals surface area (Å²) < 4.78 is 0. The van der Waals surface area contributed by atoms with Crippen LogP contribution in [0, 0.1) is 18.3 Å². The molecule has 0 aromatic heterocycles. The van der Waals surface area contributed by atoms with Gasteiger partial charge in [-0.25, -0.2) is 0 Å². The van der Waals surface area contributed by atoms with Gasteiger partial charge in [0.25, 0.3) is 5.91 Å². The molecule has 1 aliphatic heterocycles. The number of hydrogen-bond donors (Lipinski definition) is 1. The summed E-state index contributed by atoms with van der Waals surface area (Å²) in [7, 11) is 1.48. The van der Waals surface area contributed by atoms with Crippen LogP contribution in [0.4, 0.5) is 5.69 Å². The number of carbonyl (C=O) groups is 2. The molecule has 1 atom stereocenters. The van der Waals surface area contributed by atoms with Crippen LogP contribution in [0.5, 0.6) is 0 Å². The minimum atomic E-state index is -0.493. The summed E-state index contributed by atoms with van der Waals surface area (Å²) in [4.78, 5) is 27.1. The van der Waals surface area contributed by atoms with Gasteiger partial charge in [0.2, 0.25) is 5.91 Å². The molecule has 0 saturated carbocycles. The van der Waals surface area contributed by atoms with Crippen LogP contribution in [0.3, 0.4) is 0 Å². The number of anilines is 1. The van der Waals surface area contributed by atoms with Crippen molar-refractivity contribution in [2.75, 3.05) is 11.9 Å². The van der Waals surface area contributed by atoms with Gasteiger partial charge >= 0.3 is 0 Å². The van der Waals surface area contributed by atoms with Crippen molar-refractivity contribution < 1.29 is 9.59 Å². The van der Waals surface area contributed by atoms with Crippen molar-refractivity contribution in [1.29, 1.82) is 5.26 Å². The Kier molecular flexibility index (Phi) is 6.40. The highest BCUT2D eigenvalue weighted by molar-refractivity contribution is 8.05. The smallest absolute Gasteiger partial charge is 0.264 e. The number of nitrogens with one attached hydrogen (secondary N) is 1. The van der Waals surface area contributed by atoms with E-state index in [4.69, 9.17) is 0 Å². The molecule has 148 valence electrons. The summed E-state index contributed by atoms with van der Waals surface area (Å²) in [6.45, 7) is 4.07. The van der Waals surface area contributed by atoms with E-state index >= 15 is 0 Å². The second-order valence-electron chi connectivity index (χ2n) is 6.86. The first-order chi connectivity index (χ1) is 14.0. The number of nitriles is 1. The Balaban J connectivity index is 2.00. The number of benzene rings is 2. The number of aryl methyl sites for hydroxylation is 2. The molecule has 5 nitrogen and oxygen atoms in total. The highest BCUT2D eigenvalue weighted by atomic mass is 32.2. The molecule has 1 saturated heterocycles. The third-order valence-corrected chi connectivity index (χ3v) is 6.14. The highest BCUT2D eigenvalue weighted by Crippen LogP contribution is 2.41. The maximum atomic E-state index is 13.3. The molecule has 2 aromatic rings. The van der Waals surface area contributed by atoms with Crippen LogP contribution in [0.15, 0.2) is 59.1 Å². The van der Waals surface area contributed by atoms with E-state index in [9.17, 15) is 14.9 Å². The fourth-order valence-corrected chi connectivity index (χ4v) is 4.47. The van der Waals surface area contributed by atoms with Gasteiger partial charge in [0.15, 0.2) is 0 Å². The number of likely N-dealkylation sites (N-methyl/N-ethyl adjacent to an activating group) is 1. The van der Waals surface area contributed by atoms with Crippen LogP contribution in [0.1, 0.15) is 23.6 Å². The molecular formula is C23H23N3O2S. The van der Waals surface area contributed by atoms with Gasteiger partial charge in [-0.2, -0.15) is 5.26 Å². The molecule has 2 aromatic carbocycles. The Morgan fingerprint density at radius 1 is 1.14 bits per heavy atom. The minimum absolute atomic E-state index is 0.0461. The number of nitrogens with zero attached hydrogens (tertiary/aromatic N) is 2. The molecule has 2 amide bonds. The van der Waals surface area contributed by atoms with E-state index in [2.05, 4.69) is 24.4 Å². The van der Waals surface area contributed by atoms with E-state index in [1.807, 2.05) is 49.4 Å². The lowest BCUT2D eigenvalue weighted by Gasteiger charge is -2.18. The van der Waals surface area contributed by atoms with Gasteiger partial charge in [0.1, 0.15) is 16.7 Å². The second-order valence-corrected chi connectivity index (χ2v) is 8.05. The molecule has 0 unspecified atom stereocenters. The second kappa shape index (κ2) is 8.97. The first kappa shape index (κ1) is 20.7. The summed E-state index contributed by atoms with van der Waals surface area (Å²) in [6, 6.07) is 17.7. The van der Waals surface area contributed by atoms with Crippen molar-refractivity contribution in [1.82, 2.24) is 5.32 Å².